The number of nitrogen functional groups attached to an aromatic ring is 1. The molecule has 2 heterocycles. The molecule has 0 bridgehead atoms. The highest BCUT2D eigenvalue weighted by Gasteiger charge is 2.08. The molecule has 3 rings (SSSR count). The van der Waals surface area contributed by atoms with Crippen LogP contribution in [0.4, 0.5) is 17.2 Å². The maximum absolute atomic E-state index is 6.11. The smallest absolute Gasteiger partial charge is 0.168 e. The van der Waals surface area contributed by atoms with E-state index >= 15 is 0 Å². The number of aryl methyl sites for hydroxylation is 1. The fraction of sp³-hybridized carbons (Fsp3) is 0.176. The van der Waals surface area contributed by atoms with Crippen LogP contribution >= 0.6 is 0 Å². The Hall–Kier alpha value is -3.22. The van der Waals surface area contributed by atoms with Gasteiger partial charge in [-0.3, -0.25) is 0 Å². The molecule has 1 aromatic carbocycles. The second-order valence-electron chi connectivity index (χ2n) is 5.34. The van der Waals surface area contributed by atoms with Crippen molar-refractivity contribution in [3.63, 3.8) is 0 Å². The number of azo groups is 1. The second-order valence-corrected chi connectivity index (χ2v) is 5.34. The number of ether oxygens (including phenoxy) is 1. The Bertz CT molecular complexity index is 837. The van der Waals surface area contributed by atoms with Gasteiger partial charge in [0.05, 0.1) is 25.5 Å². The predicted molar refractivity (Wildman–Crippen MR) is 90.5 cm³/mol. The molecule has 0 spiro atoms. The van der Waals surface area contributed by atoms with Crippen LogP contribution in [0.3, 0.4) is 0 Å². The molecular weight excluding hydrogens is 304 g/mol. The molecule has 3 aromatic rings. The molecule has 0 unspecified atom stereocenters. The average Bonchev–Trinajstić information content (AvgIpc) is 2.95. The molecular formula is C17H19N6O+. The first-order valence-electron chi connectivity index (χ1n) is 7.47. The van der Waals surface area contributed by atoms with Gasteiger partial charge in [0.25, 0.3) is 0 Å². The number of anilines is 1. The summed E-state index contributed by atoms with van der Waals surface area (Å²) in [5.74, 6) is 1.26. The van der Waals surface area contributed by atoms with Crippen LogP contribution < -0.4 is 15.0 Å². The van der Waals surface area contributed by atoms with Crippen LogP contribution in [0.2, 0.25) is 0 Å². The summed E-state index contributed by atoms with van der Waals surface area (Å²) in [5.41, 5.74) is 8.49. The van der Waals surface area contributed by atoms with Crippen LogP contribution in [-0.2, 0) is 13.6 Å². The van der Waals surface area contributed by atoms with Crippen molar-refractivity contribution in [2.45, 2.75) is 6.54 Å². The molecule has 0 aliphatic rings. The van der Waals surface area contributed by atoms with E-state index in [4.69, 9.17) is 10.5 Å². The Morgan fingerprint density at radius 1 is 1.12 bits per heavy atom. The van der Waals surface area contributed by atoms with Gasteiger partial charge in [0.15, 0.2) is 12.4 Å². The summed E-state index contributed by atoms with van der Waals surface area (Å²) in [5, 5.41) is 12.6. The summed E-state index contributed by atoms with van der Waals surface area (Å²) >= 11 is 0. The molecule has 0 fully saturated rings. The molecule has 0 aliphatic heterocycles. The van der Waals surface area contributed by atoms with Gasteiger partial charge in [-0.2, -0.15) is 10.2 Å². The first kappa shape index (κ1) is 15.7. The van der Waals surface area contributed by atoms with Crippen molar-refractivity contribution in [1.29, 1.82) is 0 Å². The lowest BCUT2D eigenvalue weighted by molar-refractivity contribution is -0.671. The summed E-state index contributed by atoms with van der Waals surface area (Å²) in [6.07, 6.45) is 5.59. The molecule has 0 atom stereocenters. The van der Waals surface area contributed by atoms with Gasteiger partial charge in [-0.25, -0.2) is 9.25 Å². The summed E-state index contributed by atoms with van der Waals surface area (Å²) in [6, 6.07) is 11.4. The van der Waals surface area contributed by atoms with Crippen molar-refractivity contribution in [3.8, 4) is 5.75 Å². The highest BCUT2D eigenvalue weighted by atomic mass is 16.5. The van der Waals surface area contributed by atoms with E-state index in [1.165, 1.54) is 0 Å². The quantitative estimate of drug-likeness (QED) is 0.579. The van der Waals surface area contributed by atoms with Crippen molar-refractivity contribution in [2.24, 2.45) is 17.3 Å². The Morgan fingerprint density at radius 2 is 1.83 bits per heavy atom. The minimum absolute atomic E-state index is 0.487. The topological polar surface area (TPSA) is 81.7 Å². The molecule has 0 radical (unpaired) electrons. The third-order valence-electron chi connectivity index (χ3n) is 3.59. The summed E-state index contributed by atoms with van der Waals surface area (Å²) in [4.78, 5) is 0. The van der Waals surface area contributed by atoms with Gasteiger partial charge in [-0.1, -0.05) is 0 Å². The average molecular weight is 323 g/mol. The predicted octanol–water partition coefficient (Wildman–Crippen LogP) is 2.76. The number of methoxy groups -OCH3 is 1. The number of nitrogens with zero attached hydrogens (tertiary/aromatic N) is 5. The Morgan fingerprint density at radius 3 is 2.50 bits per heavy atom. The molecule has 2 aromatic heterocycles. The highest BCUT2D eigenvalue weighted by molar-refractivity contribution is 5.56. The van der Waals surface area contributed by atoms with Gasteiger partial charge >= 0.3 is 0 Å². The van der Waals surface area contributed by atoms with Gasteiger partial charge in [0.2, 0.25) is 0 Å². The van der Waals surface area contributed by atoms with Gasteiger partial charge in [-0.15, -0.1) is 5.11 Å². The molecule has 122 valence electrons. The van der Waals surface area contributed by atoms with Gasteiger partial charge in [0.1, 0.15) is 24.3 Å². The number of nitrogens with two attached hydrogens (primary N) is 1. The Kier molecular flexibility index (Phi) is 4.51. The van der Waals surface area contributed by atoms with Crippen molar-refractivity contribution in [1.82, 2.24) is 9.78 Å². The van der Waals surface area contributed by atoms with Crippen LogP contribution in [0.1, 0.15) is 5.56 Å². The van der Waals surface area contributed by atoms with Crippen LogP contribution in [-0.4, -0.2) is 16.9 Å². The molecule has 24 heavy (non-hydrogen) atoms. The van der Waals surface area contributed by atoms with Crippen molar-refractivity contribution in [2.75, 3.05) is 12.8 Å². The van der Waals surface area contributed by atoms with Crippen molar-refractivity contribution < 1.29 is 9.30 Å². The number of rotatable bonds is 5. The van der Waals surface area contributed by atoms with E-state index in [-0.39, 0.29) is 0 Å². The zero-order valence-electron chi connectivity index (χ0n) is 13.6. The molecule has 2 N–H and O–H groups in total. The maximum Gasteiger partial charge on any atom is 0.168 e. The maximum atomic E-state index is 6.11. The van der Waals surface area contributed by atoms with Crippen LogP contribution in [0, 0.1) is 0 Å². The molecule has 0 aliphatic carbocycles. The number of pyridine rings is 1. The summed E-state index contributed by atoms with van der Waals surface area (Å²) in [7, 11) is 3.60. The Labute approximate surface area is 140 Å². The van der Waals surface area contributed by atoms with E-state index in [9.17, 15) is 0 Å². The lowest BCUT2D eigenvalue weighted by Crippen LogP contribution is -2.26. The van der Waals surface area contributed by atoms with E-state index in [0.29, 0.717) is 18.1 Å². The molecule has 0 saturated carbocycles. The highest BCUT2D eigenvalue weighted by Crippen LogP contribution is 2.25. The summed E-state index contributed by atoms with van der Waals surface area (Å²) < 4.78 is 8.79. The lowest BCUT2D eigenvalue weighted by atomic mass is 10.3. The number of hydrogen-bond donors (Lipinski definition) is 1. The minimum atomic E-state index is 0.487. The summed E-state index contributed by atoms with van der Waals surface area (Å²) in [6.45, 7) is 0.588. The number of aromatic nitrogens is 3. The van der Waals surface area contributed by atoms with E-state index in [2.05, 4.69) is 15.3 Å². The van der Waals surface area contributed by atoms with Crippen molar-refractivity contribution in [3.05, 3.63) is 60.6 Å². The van der Waals surface area contributed by atoms with E-state index in [0.717, 1.165) is 17.0 Å². The first-order chi connectivity index (χ1) is 11.7. The van der Waals surface area contributed by atoms with E-state index in [1.807, 2.05) is 60.4 Å². The molecule has 7 heteroatoms. The normalized spacial score (nSPS) is 11.1. The number of hydrogen-bond acceptors (Lipinski definition) is 5. The first-order valence-corrected chi connectivity index (χ1v) is 7.47. The number of benzene rings is 1. The molecule has 7 nitrogen and oxygen atoms in total. The van der Waals surface area contributed by atoms with E-state index < -0.39 is 0 Å². The SMILES string of the molecule is COc1ccc(N=Nc2cnn(Cc3cc[n+](C)cc3)c2N)cc1. The zero-order valence-corrected chi connectivity index (χ0v) is 13.6. The van der Waals surface area contributed by atoms with Crippen LogP contribution in [0.5, 0.6) is 5.75 Å². The van der Waals surface area contributed by atoms with Crippen LogP contribution in [0.15, 0.2) is 65.2 Å². The fourth-order valence-corrected chi connectivity index (χ4v) is 2.16. The van der Waals surface area contributed by atoms with Gasteiger partial charge in [0, 0.05) is 12.1 Å². The molecule has 0 amide bonds. The van der Waals surface area contributed by atoms with Gasteiger partial charge < -0.3 is 10.5 Å². The van der Waals surface area contributed by atoms with Crippen LogP contribution in [0.25, 0.3) is 0 Å². The van der Waals surface area contributed by atoms with E-state index in [1.54, 1.807) is 18.0 Å². The fourth-order valence-electron chi connectivity index (χ4n) is 2.16. The standard InChI is InChI=1S/C17H19N6O/c1-22-9-7-13(8-10-22)12-23-17(18)16(11-19-23)21-20-14-3-5-15(24-2)6-4-14/h3-11H,12,18H2,1-2H3/q+1. The Balaban J connectivity index is 1.74. The largest absolute Gasteiger partial charge is 0.497 e. The van der Waals surface area contributed by atoms with Gasteiger partial charge in [-0.05, 0) is 29.8 Å². The lowest BCUT2D eigenvalue weighted by Gasteiger charge is -2.03. The monoisotopic (exact) mass is 323 g/mol. The zero-order chi connectivity index (χ0) is 16.9. The third-order valence-corrected chi connectivity index (χ3v) is 3.59. The second kappa shape index (κ2) is 6.91. The van der Waals surface area contributed by atoms with Crippen molar-refractivity contribution >= 4 is 17.2 Å². The third kappa shape index (κ3) is 3.57. The molecule has 0 saturated heterocycles. The minimum Gasteiger partial charge on any atom is -0.497 e.